The minimum absolute atomic E-state index is 0.104. The Kier molecular flexibility index (Phi) is 3.88. The van der Waals surface area contributed by atoms with Gasteiger partial charge < -0.3 is 5.32 Å². The molecule has 21 heavy (non-hydrogen) atoms. The van der Waals surface area contributed by atoms with Crippen molar-refractivity contribution in [1.82, 2.24) is 20.1 Å². The first-order valence-corrected chi connectivity index (χ1v) is 8.59. The van der Waals surface area contributed by atoms with Gasteiger partial charge in [0, 0.05) is 35.1 Å². The average Bonchev–Trinajstić information content (AvgIpc) is 2.95. The molecule has 0 spiro atoms. The van der Waals surface area contributed by atoms with E-state index in [0.29, 0.717) is 6.04 Å². The summed E-state index contributed by atoms with van der Waals surface area (Å²) in [5.41, 5.74) is 2.50. The number of hydrogen-bond acceptors (Lipinski definition) is 4. The van der Waals surface area contributed by atoms with Crippen molar-refractivity contribution in [3.63, 3.8) is 0 Å². The van der Waals surface area contributed by atoms with E-state index in [1.807, 2.05) is 10.9 Å². The van der Waals surface area contributed by atoms with E-state index in [4.69, 9.17) is 4.98 Å². The van der Waals surface area contributed by atoms with Crippen LogP contribution in [0.1, 0.15) is 62.8 Å². The Morgan fingerprint density at radius 3 is 2.71 bits per heavy atom. The summed E-state index contributed by atoms with van der Waals surface area (Å²) in [6, 6.07) is 0.820. The van der Waals surface area contributed by atoms with Crippen molar-refractivity contribution in [2.45, 2.75) is 64.6 Å². The molecule has 2 heterocycles. The lowest BCUT2D eigenvalue weighted by Crippen LogP contribution is -2.24. The molecule has 0 saturated heterocycles. The summed E-state index contributed by atoms with van der Waals surface area (Å²) >= 11 is 1.76. The molecule has 0 bridgehead atoms. The van der Waals surface area contributed by atoms with E-state index in [0.717, 1.165) is 11.6 Å². The summed E-state index contributed by atoms with van der Waals surface area (Å²) in [5.74, 6) is 0. The molecule has 3 rings (SSSR count). The molecule has 1 aliphatic rings. The monoisotopic (exact) mass is 304 g/mol. The van der Waals surface area contributed by atoms with Crippen LogP contribution in [0.2, 0.25) is 0 Å². The van der Waals surface area contributed by atoms with Crippen LogP contribution in [0.4, 0.5) is 0 Å². The number of rotatable bonds is 5. The molecule has 1 saturated carbocycles. The molecule has 0 aliphatic heterocycles. The Bertz CT molecular complexity index is 604. The number of thiazole rings is 1. The predicted molar refractivity (Wildman–Crippen MR) is 86.7 cm³/mol. The highest BCUT2D eigenvalue weighted by atomic mass is 32.1. The van der Waals surface area contributed by atoms with Crippen molar-refractivity contribution in [3.05, 3.63) is 34.0 Å². The molecular formula is C16H24N4S. The second-order valence-corrected chi connectivity index (χ2v) is 7.71. The largest absolute Gasteiger partial charge is 0.301 e. The SMILES string of the molecule is CCn1cc(C(NC2CC2)c2nc(C(C)(C)C)cs2)cn1. The van der Waals surface area contributed by atoms with Crippen LogP contribution in [0.25, 0.3) is 0 Å². The highest BCUT2D eigenvalue weighted by Gasteiger charge is 2.29. The highest BCUT2D eigenvalue weighted by Crippen LogP contribution is 2.32. The van der Waals surface area contributed by atoms with E-state index in [-0.39, 0.29) is 11.5 Å². The van der Waals surface area contributed by atoms with Crippen molar-refractivity contribution < 1.29 is 0 Å². The van der Waals surface area contributed by atoms with Crippen LogP contribution in [0.3, 0.4) is 0 Å². The van der Waals surface area contributed by atoms with Crippen molar-refractivity contribution in [2.24, 2.45) is 0 Å². The lowest BCUT2D eigenvalue weighted by Gasteiger charge is -2.16. The van der Waals surface area contributed by atoms with Crippen LogP contribution in [0.5, 0.6) is 0 Å². The molecule has 0 amide bonds. The summed E-state index contributed by atoms with van der Waals surface area (Å²) in [6.45, 7) is 9.65. The molecular weight excluding hydrogens is 280 g/mol. The molecule has 1 atom stereocenters. The minimum atomic E-state index is 0.104. The molecule has 1 fully saturated rings. The van der Waals surface area contributed by atoms with Gasteiger partial charge in [0.25, 0.3) is 0 Å². The van der Waals surface area contributed by atoms with E-state index in [1.54, 1.807) is 11.3 Å². The maximum atomic E-state index is 4.89. The van der Waals surface area contributed by atoms with Crippen LogP contribution in [-0.2, 0) is 12.0 Å². The third-order valence-corrected chi connectivity index (χ3v) is 4.74. The van der Waals surface area contributed by atoms with Gasteiger partial charge >= 0.3 is 0 Å². The molecule has 4 nitrogen and oxygen atoms in total. The lowest BCUT2D eigenvalue weighted by atomic mass is 9.93. The molecule has 2 aromatic heterocycles. The number of nitrogens with zero attached hydrogens (tertiary/aromatic N) is 3. The highest BCUT2D eigenvalue weighted by molar-refractivity contribution is 7.09. The molecule has 114 valence electrons. The van der Waals surface area contributed by atoms with E-state index in [1.165, 1.54) is 24.1 Å². The third-order valence-electron chi connectivity index (χ3n) is 3.83. The fourth-order valence-electron chi connectivity index (χ4n) is 2.26. The smallest absolute Gasteiger partial charge is 0.115 e. The van der Waals surface area contributed by atoms with E-state index >= 15 is 0 Å². The van der Waals surface area contributed by atoms with Crippen LogP contribution in [0.15, 0.2) is 17.8 Å². The van der Waals surface area contributed by atoms with Crippen molar-refractivity contribution in [1.29, 1.82) is 0 Å². The fraction of sp³-hybridized carbons (Fsp3) is 0.625. The van der Waals surface area contributed by atoms with Gasteiger partial charge in [-0.15, -0.1) is 11.3 Å². The van der Waals surface area contributed by atoms with E-state index < -0.39 is 0 Å². The van der Waals surface area contributed by atoms with Crippen molar-refractivity contribution in [2.75, 3.05) is 0 Å². The van der Waals surface area contributed by atoms with Crippen molar-refractivity contribution >= 4 is 11.3 Å². The first-order valence-electron chi connectivity index (χ1n) is 7.71. The zero-order valence-electron chi connectivity index (χ0n) is 13.3. The number of nitrogens with one attached hydrogen (secondary N) is 1. The van der Waals surface area contributed by atoms with Crippen LogP contribution < -0.4 is 5.32 Å². The van der Waals surface area contributed by atoms with Gasteiger partial charge in [0.1, 0.15) is 5.01 Å². The first kappa shape index (κ1) is 14.7. The Morgan fingerprint density at radius 2 is 2.19 bits per heavy atom. The summed E-state index contributed by atoms with van der Waals surface area (Å²) in [4.78, 5) is 4.89. The Balaban J connectivity index is 1.89. The van der Waals surface area contributed by atoms with Crippen molar-refractivity contribution in [3.8, 4) is 0 Å². The number of aromatic nitrogens is 3. The van der Waals surface area contributed by atoms with Crippen LogP contribution in [0, 0.1) is 0 Å². The summed E-state index contributed by atoms with van der Waals surface area (Å²) in [5, 5.41) is 11.5. The van der Waals surface area contributed by atoms with Gasteiger partial charge in [-0.25, -0.2) is 4.98 Å². The molecule has 0 radical (unpaired) electrons. The normalized spacial score (nSPS) is 17.1. The minimum Gasteiger partial charge on any atom is -0.301 e. The third kappa shape index (κ3) is 3.35. The second kappa shape index (κ2) is 5.54. The number of aryl methyl sites for hydroxylation is 1. The van der Waals surface area contributed by atoms with Crippen LogP contribution in [-0.4, -0.2) is 20.8 Å². The second-order valence-electron chi connectivity index (χ2n) is 6.82. The van der Waals surface area contributed by atoms with Gasteiger partial charge in [-0.3, -0.25) is 4.68 Å². The fourth-order valence-corrected chi connectivity index (χ4v) is 3.39. The lowest BCUT2D eigenvalue weighted by molar-refractivity contribution is 0.557. The summed E-state index contributed by atoms with van der Waals surface area (Å²) in [7, 11) is 0. The standard InChI is InChI=1S/C16H24N4S/c1-5-20-9-11(8-17-20)14(18-12-6-7-12)15-19-13(10-21-15)16(2,3)4/h8-10,12,14,18H,5-7H2,1-4H3. The Labute approximate surface area is 130 Å². The van der Waals surface area contributed by atoms with Gasteiger partial charge in [-0.2, -0.15) is 5.10 Å². The van der Waals surface area contributed by atoms with E-state index in [9.17, 15) is 0 Å². The zero-order chi connectivity index (χ0) is 15.0. The molecule has 0 aromatic carbocycles. The molecule has 1 unspecified atom stereocenters. The van der Waals surface area contributed by atoms with Gasteiger partial charge in [0.2, 0.25) is 0 Å². The van der Waals surface area contributed by atoms with Gasteiger partial charge in [-0.1, -0.05) is 20.8 Å². The van der Waals surface area contributed by atoms with E-state index in [2.05, 4.69) is 49.7 Å². The molecule has 5 heteroatoms. The first-order chi connectivity index (χ1) is 9.97. The zero-order valence-corrected chi connectivity index (χ0v) is 14.1. The molecule has 2 aromatic rings. The van der Waals surface area contributed by atoms with Gasteiger partial charge in [-0.05, 0) is 19.8 Å². The summed E-state index contributed by atoms with van der Waals surface area (Å²) < 4.78 is 1.98. The summed E-state index contributed by atoms with van der Waals surface area (Å²) in [6.07, 6.45) is 6.66. The quantitative estimate of drug-likeness (QED) is 0.919. The van der Waals surface area contributed by atoms with Crippen LogP contribution >= 0.6 is 11.3 Å². The van der Waals surface area contributed by atoms with Gasteiger partial charge in [0.15, 0.2) is 0 Å². The average molecular weight is 304 g/mol. The molecule has 1 aliphatic carbocycles. The maximum Gasteiger partial charge on any atom is 0.115 e. The van der Waals surface area contributed by atoms with Gasteiger partial charge in [0.05, 0.1) is 17.9 Å². The maximum absolute atomic E-state index is 4.89. The molecule has 1 N–H and O–H groups in total. The number of hydrogen-bond donors (Lipinski definition) is 1. The Hall–Kier alpha value is -1.20. The Morgan fingerprint density at radius 1 is 1.43 bits per heavy atom. The topological polar surface area (TPSA) is 42.7 Å². The predicted octanol–water partition coefficient (Wildman–Crippen LogP) is 3.50.